The van der Waals surface area contributed by atoms with Gasteiger partial charge in [-0.1, -0.05) is 23.7 Å². The standard InChI is InChI=1S/C31H31ClF3NO7/c1-5-42-25-9-7-8-22(29(25)31(33,34)35)30(39)23-16-20(32)11-13-24(23)36(27(37)14-15-28(38)43-6-2)18-19-10-12-21(40-3)17-26(19)41-4/h7-17,30,39H,5-6,18H2,1-4H3/b15-14+. The molecule has 43 heavy (non-hydrogen) atoms. The molecule has 0 heterocycles. The summed E-state index contributed by atoms with van der Waals surface area (Å²) in [5, 5.41) is 11.6. The summed E-state index contributed by atoms with van der Waals surface area (Å²) in [6.45, 7) is 3.02. The van der Waals surface area contributed by atoms with E-state index in [0.717, 1.165) is 24.3 Å². The Balaban J connectivity index is 2.23. The molecular weight excluding hydrogens is 591 g/mol. The number of ether oxygens (including phenoxy) is 4. The zero-order valence-corrected chi connectivity index (χ0v) is 24.7. The topological polar surface area (TPSA) is 94.5 Å². The summed E-state index contributed by atoms with van der Waals surface area (Å²) in [6.07, 6.45) is -4.87. The molecule has 0 saturated carbocycles. The third-order valence-corrected chi connectivity index (χ3v) is 6.48. The number of benzene rings is 3. The summed E-state index contributed by atoms with van der Waals surface area (Å²) in [6, 6.07) is 12.6. The van der Waals surface area contributed by atoms with Crippen LogP contribution in [-0.4, -0.2) is 44.4 Å². The molecule has 12 heteroatoms. The number of aliphatic hydroxyl groups is 1. The summed E-state index contributed by atoms with van der Waals surface area (Å²) in [7, 11) is 2.90. The second-order valence-corrected chi connectivity index (χ2v) is 9.38. The van der Waals surface area contributed by atoms with Gasteiger partial charge in [-0.3, -0.25) is 4.79 Å². The molecule has 1 N–H and O–H groups in total. The fourth-order valence-corrected chi connectivity index (χ4v) is 4.55. The van der Waals surface area contributed by atoms with Crippen LogP contribution in [0.2, 0.25) is 5.02 Å². The van der Waals surface area contributed by atoms with Gasteiger partial charge in [-0.15, -0.1) is 0 Å². The molecule has 0 spiro atoms. The number of methoxy groups -OCH3 is 2. The number of amides is 1. The number of carbonyl (C=O) groups excluding carboxylic acids is 2. The molecule has 1 atom stereocenters. The number of esters is 1. The molecule has 8 nitrogen and oxygen atoms in total. The van der Waals surface area contributed by atoms with Crippen molar-refractivity contribution in [1.82, 2.24) is 0 Å². The fraction of sp³-hybridized carbons (Fsp3) is 0.290. The Labute approximate surface area is 252 Å². The minimum atomic E-state index is -4.88. The quantitative estimate of drug-likeness (QED) is 0.182. The third-order valence-electron chi connectivity index (χ3n) is 6.25. The van der Waals surface area contributed by atoms with E-state index in [9.17, 15) is 27.9 Å². The zero-order valence-electron chi connectivity index (χ0n) is 23.9. The van der Waals surface area contributed by atoms with E-state index in [1.807, 2.05) is 0 Å². The van der Waals surface area contributed by atoms with Crippen molar-refractivity contribution in [3.63, 3.8) is 0 Å². The minimum absolute atomic E-state index is 0.0308. The predicted octanol–water partition coefficient (Wildman–Crippen LogP) is 6.51. The van der Waals surface area contributed by atoms with Gasteiger partial charge in [-0.05, 0) is 50.2 Å². The van der Waals surface area contributed by atoms with Crippen LogP contribution in [-0.2, 0) is 27.0 Å². The molecule has 0 bridgehead atoms. The molecule has 0 saturated heterocycles. The molecular formula is C31H31ClF3NO7. The van der Waals surface area contributed by atoms with Gasteiger partial charge in [0.1, 0.15) is 28.9 Å². The van der Waals surface area contributed by atoms with Gasteiger partial charge in [0.05, 0.1) is 39.7 Å². The van der Waals surface area contributed by atoms with E-state index in [2.05, 4.69) is 0 Å². The van der Waals surface area contributed by atoms with Crippen LogP contribution in [0.4, 0.5) is 18.9 Å². The maximum absolute atomic E-state index is 14.3. The SMILES string of the molecule is CCOC(=O)/C=C/C(=O)N(Cc1ccc(OC)cc1OC)c1ccc(Cl)cc1C(O)c1cccc(OCC)c1C(F)(F)F. The van der Waals surface area contributed by atoms with Crippen molar-refractivity contribution in [2.24, 2.45) is 0 Å². The van der Waals surface area contributed by atoms with Gasteiger partial charge in [-0.2, -0.15) is 13.2 Å². The van der Waals surface area contributed by atoms with E-state index >= 15 is 0 Å². The van der Waals surface area contributed by atoms with Gasteiger partial charge in [0.15, 0.2) is 0 Å². The highest BCUT2D eigenvalue weighted by molar-refractivity contribution is 6.30. The normalized spacial score (nSPS) is 12.1. The molecule has 3 aromatic carbocycles. The number of anilines is 1. The highest BCUT2D eigenvalue weighted by atomic mass is 35.5. The number of rotatable bonds is 12. The predicted molar refractivity (Wildman–Crippen MR) is 155 cm³/mol. The smallest absolute Gasteiger partial charge is 0.420 e. The van der Waals surface area contributed by atoms with Crippen LogP contribution in [0, 0.1) is 0 Å². The molecule has 0 radical (unpaired) electrons. The van der Waals surface area contributed by atoms with Gasteiger partial charge in [-0.25, -0.2) is 4.79 Å². The van der Waals surface area contributed by atoms with Crippen molar-refractivity contribution in [3.8, 4) is 17.2 Å². The lowest BCUT2D eigenvalue weighted by molar-refractivity contribution is -0.140. The number of nitrogens with zero attached hydrogens (tertiary/aromatic N) is 1. The second-order valence-electron chi connectivity index (χ2n) is 8.94. The monoisotopic (exact) mass is 621 g/mol. The summed E-state index contributed by atoms with van der Waals surface area (Å²) in [4.78, 5) is 26.7. The molecule has 0 fully saturated rings. The molecule has 3 aromatic rings. The van der Waals surface area contributed by atoms with E-state index in [-0.39, 0.29) is 36.0 Å². The average molecular weight is 622 g/mol. The van der Waals surface area contributed by atoms with Gasteiger partial charge in [0, 0.05) is 39.9 Å². The van der Waals surface area contributed by atoms with Gasteiger partial charge < -0.3 is 29.0 Å². The third kappa shape index (κ3) is 8.20. The number of aliphatic hydroxyl groups excluding tert-OH is 1. The molecule has 0 aliphatic carbocycles. The Hall–Kier alpha value is -4.22. The summed E-state index contributed by atoms with van der Waals surface area (Å²) >= 11 is 6.25. The van der Waals surface area contributed by atoms with Crippen molar-refractivity contribution in [1.29, 1.82) is 0 Å². The Morgan fingerprint density at radius 2 is 1.70 bits per heavy atom. The van der Waals surface area contributed by atoms with Crippen molar-refractivity contribution < 1.29 is 46.8 Å². The van der Waals surface area contributed by atoms with Crippen molar-refractivity contribution in [2.45, 2.75) is 32.7 Å². The zero-order chi connectivity index (χ0) is 31.7. The van der Waals surface area contributed by atoms with Gasteiger partial charge in [0.2, 0.25) is 0 Å². The first kappa shape index (κ1) is 33.3. The summed E-state index contributed by atoms with van der Waals surface area (Å²) < 4.78 is 63.7. The van der Waals surface area contributed by atoms with Crippen LogP contribution in [0.3, 0.4) is 0 Å². The molecule has 1 amide bonds. The summed E-state index contributed by atoms with van der Waals surface area (Å²) in [5.74, 6) is -1.12. The van der Waals surface area contributed by atoms with Crippen LogP contribution in [0.15, 0.2) is 66.7 Å². The van der Waals surface area contributed by atoms with Crippen molar-refractivity contribution in [2.75, 3.05) is 32.3 Å². The van der Waals surface area contributed by atoms with E-state index in [1.165, 1.54) is 43.4 Å². The summed E-state index contributed by atoms with van der Waals surface area (Å²) in [5.41, 5.74) is -1.24. The van der Waals surface area contributed by atoms with Gasteiger partial charge in [0.25, 0.3) is 5.91 Å². The van der Waals surface area contributed by atoms with Gasteiger partial charge >= 0.3 is 12.1 Å². The number of carbonyl (C=O) groups is 2. The lowest BCUT2D eigenvalue weighted by Crippen LogP contribution is -2.30. The van der Waals surface area contributed by atoms with Crippen molar-refractivity contribution >= 4 is 29.2 Å². The lowest BCUT2D eigenvalue weighted by Gasteiger charge is -2.28. The first-order valence-electron chi connectivity index (χ1n) is 13.1. The highest BCUT2D eigenvalue weighted by Gasteiger charge is 2.39. The van der Waals surface area contributed by atoms with Crippen LogP contribution in [0.5, 0.6) is 17.2 Å². The molecule has 0 aliphatic rings. The minimum Gasteiger partial charge on any atom is -0.497 e. The van der Waals surface area contributed by atoms with E-state index in [1.54, 1.807) is 32.0 Å². The first-order valence-corrected chi connectivity index (χ1v) is 13.5. The lowest BCUT2D eigenvalue weighted by atomic mass is 9.94. The number of hydrogen-bond donors (Lipinski definition) is 1. The van der Waals surface area contributed by atoms with Crippen molar-refractivity contribution in [3.05, 3.63) is 94.0 Å². The Morgan fingerprint density at radius 3 is 2.33 bits per heavy atom. The number of hydrogen-bond acceptors (Lipinski definition) is 7. The molecule has 3 rings (SSSR count). The molecule has 0 aromatic heterocycles. The maximum atomic E-state index is 14.3. The van der Waals surface area contributed by atoms with E-state index in [0.29, 0.717) is 17.1 Å². The van der Waals surface area contributed by atoms with Crippen LogP contribution < -0.4 is 19.1 Å². The Bertz CT molecular complexity index is 1480. The highest BCUT2D eigenvalue weighted by Crippen LogP contribution is 2.44. The Kier molecular flexibility index (Phi) is 11.4. The first-order chi connectivity index (χ1) is 20.4. The maximum Gasteiger partial charge on any atom is 0.420 e. The van der Waals surface area contributed by atoms with Crippen LogP contribution >= 0.6 is 11.6 Å². The molecule has 230 valence electrons. The van der Waals surface area contributed by atoms with Crippen LogP contribution in [0.1, 0.15) is 42.2 Å². The van der Waals surface area contributed by atoms with E-state index in [4.69, 9.17) is 30.5 Å². The molecule has 1 unspecified atom stereocenters. The Morgan fingerprint density at radius 1 is 0.953 bits per heavy atom. The largest absolute Gasteiger partial charge is 0.497 e. The average Bonchev–Trinajstić information content (AvgIpc) is 2.98. The number of alkyl halides is 3. The van der Waals surface area contributed by atoms with Crippen LogP contribution in [0.25, 0.3) is 0 Å². The second kappa shape index (κ2) is 14.8. The van der Waals surface area contributed by atoms with E-state index < -0.39 is 41.0 Å². The number of halogens is 4. The fourth-order valence-electron chi connectivity index (χ4n) is 4.37. The molecule has 0 aliphatic heterocycles.